The molecule has 8 heteroatoms. The Morgan fingerprint density at radius 3 is 2.88 bits per heavy atom. The quantitative estimate of drug-likeness (QED) is 0.833. The van der Waals surface area contributed by atoms with Gasteiger partial charge in [0.05, 0.1) is 19.3 Å². The van der Waals surface area contributed by atoms with E-state index in [9.17, 15) is 4.79 Å². The molecular weight excluding hydrogens is 375 g/mol. The first kappa shape index (κ1) is 23.2. The Kier molecular flexibility index (Phi) is 8.86. The zero-order chi connectivity index (χ0) is 17.2. The van der Waals surface area contributed by atoms with Gasteiger partial charge in [-0.05, 0) is 44.7 Å². The third kappa shape index (κ3) is 5.35. The molecule has 2 fully saturated rings. The van der Waals surface area contributed by atoms with Gasteiger partial charge in [-0.2, -0.15) is 5.10 Å². The van der Waals surface area contributed by atoms with E-state index < -0.39 is 5.60 Å². The number of carbonyl (C=O) groups excluding carboxylic acids is 1. The second-order valence-electron chi connectivity index (χ2n) is 7.59. The number of nitrogens with one attached hydrogen (secondary N) is 1. The van der Waals surface area contributed by atoms with Crippen molar-refractivity contribution in [1.29, 1.82) is 0 Å². The fourth-order valence-corrected chi connectivity index (χ4v) is 3.89. The van der Waals surface area contributed by atoms with Gasteiger partial charge in [0.25, 0.3) is 0 Å². The molecule has 1 amide bonds. The van der Waals surface area contributed by atoms with E-state index in [1.54, 1.807) is 4.68 Å². The van der Waals surface area contributed by atoms with Gasteiger partial charge >= 0.3 is 0 Å². The van der Waals surface area contributed by atoms with E-state index in [4.69, 9.17) is 4.74 Å². The van der Waals surface area contributed by atoms with Crippen molar-refractivity contribution < 1.29 is 9.53 Å². The van der Waals surface area contributed by atoms with Crippen LogP contribution in [-0.2, 0) is 22.2 Å². The summed E-state index contributed by atoms with van der Waals surface area (Å²) in [5, 5.41) is 7.69. The number of rotatable bonds is 4. The molecule has 0 saturated carbocycles. The number of carbonyl (C=O) groups is 1. The molecule has 0 bridgehead atoms. The molecule has 1 aromatic rings. The van der Waals surface area contributed by atoms with Gasteiger partial charge in [0.15, 0.2) is 0 Å². The monoisotopic (exact) mass is 406 g/mol. The maximum Gasteiger partial charge on any atom is 0.223 e. The van der Waals surface area contributed by atoms with Gasteiger partial charge in [-0.3, -0.25) is 9.48 Å². The molecule has 150 valence electrons. The number of amides is 1. The Hall–Kier alpha value is -0.820. The Balaban J connectivity index is 0.00000169. The normalized spacial score (nSPS) is 27.2. The van der Waals surface area contributed by atoms with Gasteiger partial charge in [0.1, 0.15) is 5.60 Å². The topological polar surface area (TPSA) is 59.4 Å². The summed E-state index contributed by atoms with van der Waals surface area (Å²) < 4.78 is 7.79. The highest BCUT2D eigenvalue weighted by Crippen LogP contribution is 2.30. The number of hydrogen-bond donors (Lipinski definition) is 1. The maximum absolute atomic E-state index is 12.8. The molecule has 1 aromatic heterocycles. The van der Waals surface area contributed by atoms with Crippen molar-refractivity contribution in [3.05, 3.63) is 18.0 Å². The van der Waals surface area contributed by atoms with E-state index in [0.717, 1.165) is 18.7 Å². The molecule has 0 spiro atoms. The lowest BCUT2D eigenvalue weighted by molar-refractivity contribution is -0.150. The molecule has 6 nitrogen and oxygen atoms in total. The summed E-state index contributed by atoms with van der Waals surface area (Å²) in [7, 11) is 1.90. The van der Waals surface area contributed by atoms with E-state index in [1.807, 2.05) is 24.3 Å². The Labute approximate surface area is 168 Å². The zero-order valence-corrected chi connectivity index (χ0v) is 17.6. The predicted octanol–water partition coefficient (Wildman–Crippen LogP) is 2.36. The molecule has 0 radical (unpaired) electrons. The van der Waals surface area contributed by atoms with Crippen molar-refractivity contribution in [3.63, 3.8) is 0 Å². The van der Waals surface area contributed by atoms with Crippen molar-refractivity contribution in [2.24, 2.45) is 18.9 Å². The fourth-order valence-electron chi connectivity index (χ4n) is 3.89. The molecule has 26 heavy (non-hydrogen) atoms. The lowest BCUT2D eigenvalue weighted by Gasteiger charge is -2.40. The van der Waals surface area contributed by atoms with Crippen LogP contribution in [0.4, 0.5) is 0 Å². The number of nitrogens with zero attached hydrogens (tertiary/aromatic N) is 3. The van der Waals surface area contributed by atoms with E-state index in [2.05, 4.69) is 24.3 Å². The first-order valence-corrected chi connectivity index (χ1v) is 9.09. The number of ether oxygens (including phenoxy) is 1. The Morgan fingerprint density at radius 2 is 2.27 bits per heavy atom. The SMILES string of the molecule is CC(CC(=O)N1CCOC(C)(c2cnn(C)c2)C1)C1CCCNC1.Cl.Cl. The minimum absolute atomic E-state index is 0. The van der Waals surface area contributed by atoms with Crippen molar-refractivity contribution in [3.8, 4) is 0 Å². The summed E-state index contributed by atoms with van der Waals surface area (Å²) >= 11 is 0. The van der Waals surface area contributed by atoms with Crippen LogP contribution in [0.2, 0.25) is 0 Å². The number of aryl methyl sites for hydroxylation is 1. The van der Waals surface area contributed by atoms with E-state index in [-0.39, 0.29) is 30.7 Å². The number of piperidine rings is 1. The van der Waals surface area contributed by atoms with Crippen molar-refractivity contribution >= 4 is 30.7 Å². The lowest BCUT2D eigenvalue weighted by Crippen LogP contribution is -2.51. The van der Waals surface area contributed by atoms with Crippen molar-refractivity contribution in [2.75, 3.05) is 32.8 Å². The molecule has 2 aliphatic heterocycles. The molecule has 0 aromatic carbocycles. The first-order valence-electron chi connectivity index (χ1n) is 9.09. The van der Waals surface area contributed by atoms with Crippen LogP contribution >= 0.6 is 24.8 Å². The van der Waals surface area contributed by atoms with Crippen LogP contribution in [0.1, 0.15) is 38.7 Å². The van der Waals surface area contributed by atoms with Crippen LogP contribution in [0.5, 0.6) is 0 Å². The van der Waals surface area contributed by atoms with Gasteiger partial charge in [-0.1, -0.05) is 6.92 Å². The molecule has 1 N–H and O–H groups in total. The molecular formula is C18H32Cl2N4O2. The van der Waals surface area contributed by atoms with Gasteiger partial charge < -0.3 is 15.0 Å². The highest BCUT2D eigenvalue weighted by atomic mass is 35.5. The zero-order valence-electron chi connectivity index (χ0n) is 15.9. The van der Waals surface area contributed by atoms with E-state index in [1.165, 1.54) is 12.8 Å². The number of aromatic nitrogens is 2. The van der Waals surface area contributed by atoms with Crippen LogP contribution in [0.25, 0.3) is 0 Å². The standard InChI is InChI=1S/C18H30N4O2.2ClH/c1-14(15-5-4-6-19-10-15)9-17(23)22-7-8-24-18(2,13-22)16-11-20-21(3)12-16;;/h11-12,14-15,19H,4-10,13H2,1-3H3;2*1H. The van der Waals surface area contributed by atoms with Gasteiger partial charge in [0.2, 0.25) is 5.91 Å². The third-order valence-corrected chi connectivity index (χ3v) is 5.58. The number of morpholine rings is 1. The molecule has 3 rings (SSSR count). The second kappa shape index (κ2) is 9.93. The van der Waals surface area contributed by atoms with Crippen LogP contribution in [0, 0.1) is 11.8 Å². The smallest absolute Gasteiger partial charge is 0.223 e. The molecule has 2 aliphatic rings. The lowest BCUT2D eigenvalue weighted by atomic mass is 9.85. The van der Waals surface area contributed by atoms with E-state index in [0.29, 0.717) is 38.0 Å². The highest BCUT2D eigenvalue weighted by Gasteiger charge is 2.37. The van der Waals surface area contributed by atoms with Gasteiger partial charge in [-0.15, -0.1) is 24.8 Å². The van der Waals surface area contributed by atoms with Crippen LogP contribution in [-0.4, -0.2) is 53.4 Å². The summed E-state index contributed by atoms with van der Waals surface area (Å²) in [4.78, 5) is 14.8. The minimum Gasteiger partial charge on any atom is -0.367 e. The molecule has 3 unspecified atom stereocenters. The third-order valence-electron chi connectivity index (χ3n) is 5.58. The van der Waals surface area contributed by atoms with E-state index >= 15 is 0 Å². The number of halogens is 2. The molecule has 3 atom stereocenters. The fraction of sp³-hybridized carbons (Fsp3) is 0.778. The summed E-state index contributed by atoms with van der Waals surface area (Å²) in [6, 6.07) is 0. The minimum atomic E-state index is -0.461. The maximum atomic E-state index is 12.8. The largest absolute Gasteiger partial charge is 0.367 e. The summed E-state index contributed by atoms with van der Waals surface area (Å²) in [5.41, 5.74) is 0.574. The van der Waals surface area contributed by atoms with Crippen molar-refractivity contribution in [2.45, 2.75) is 38.7 Å². The highest BCUT2D eigenvalue weighted by molar-refractivity contribution is 5.85. The van der Waals surface area contributed by atoms with Gasteiger partial charge in [0, 0.05) is 31.8 Å². The average molecular weight is 407 g/mol. The molecule has 0 aliphatic carbocycles. The Morgan fingerprint density at radius 1 is 1.50 bits per heavy atom. The summed E-state index contributed by atoms with van der Waals surface area (Å²) in [6.45, 7) is 8.30. The van der Waals surface area contributed by atoms with Crippen LogP contribution < -0.4 is 5.32 Å². The van der Waals surface area contributed by atoms with Gasteiger partial charge in [-0.25, -0.2) is 0 Å². The number of hydrogen-bond acceptors (Lipinski definition) is 4. The van der Waals surface area contributed by atoms with Crippen LogP contribution in [0.3, 0.4) is 0 Å². The van der Waals surface area contributed by atoms with Crippen LogP contribution in [0.15, 0.2) is 12.4 Å². The summed E-state index contributed by atoms with van der Waals surface area (Å²) in [6.07, 6.45) is 6.90. The second-order valence-corrected chi connectivity index (χ2v) is 7.59. The average Bonchev–Trinajstić information content (AvgIpc) is 3.03. The first-order chi connectivity index (χ1) is 11.5. The molecule has 2 saturated heterocycles. The molecule has 3 heterocycles. The predicted molar refractivity (Wildman–Crippen MR) is 107 cm³/mol. The Bertz CT molecular complexity index is 577. The summed E-state index contributed by atoms with van der Waals surface area (Å²) in [5.74, 6) is 1.30. The van der Waals surface area contributed by atoms with Crippen molar-refractivity contribution in [1.82, 2.24) is 20.0 Å².